The first-order chi connectivity index (χ1) is 9.48. The second kappa shape index (κ2) is 8.38. The van der Waals surface area contributed by atoms with Gasteiger partial charge < -0.3 is 10.1 Å². The molecule has 3 heteroatoms. The Balaban J connectivity index is 2.62. The maximum absolute atomic E-state index is 13.8. The van der Waals surface area contributed by atoms with Crippen LogP contribution in [-0.2, 0) is 11.2 Å². The molecule has 114 valence electrons. The smallest absolute Gasteiger partial charge is 0.126 e. The summed E-state index contributed by atoms with van der Waals surface area (Å²) < 4.78 is 19.2. The minimum absolute atomic E-state index is 0.0972. The topological polar surface area (TPSA) is 21.3 Å². The molecule has 0 aromatic heterocycles. The molecule has 0 fully saturated rings. The average molecular weight is 281 g/mol. The minimum Gasteiger partial charge on any atom is -0.379 e. The highest BCUT2D eigenvalue weighted by atomic mass is 19.1. The molecule has 1 atom stereocenters. The molecule has 0 saturated heterocycles. The van der Waals surface area contributed by atoms with Crippen LogP contribution in [-0.4, -0.2) is 25.8 Å². The molecule has 0 aliphatic carbocycles. The van der Waals surface area contributed by atoms with E-state index in [4.69, 9.17) is 4.74 Å². The third-order valence-electron chi connectivity index (χ3n) is 3.86. The van der Waals surface area contributed by atoms with E-state index in [0.29, 0.717) is 5.92 Å². The Morgan fingerprint density at radius 2 is 2.00 bits per heavy atom. The molecule has 0 aliphatic heterocycles. The molecule has 0 radical (unpaired) electrons. The highest BCUT2D eigenvalue weighted by Crippen LogP contribution is 2.22. The van der Waals surface area contributed by atoms with Crippen LogP contribution in [0.25, 0.3) is 0 Å². The maximum Gasteiger partial charge on any atom is 0.126 e. The van der Waals surface area contributed by atoms with Gasteiger partial charge in [0, 0.05) is 7.11 Å². The van der Waals surface area contributed by atoms with Gasteiger partial charge in [-0.3, -0.25) is 0 Å². The lowest BCUT2D eigenvalue weighted by Gasteiger charge is -2.26. The Morgan fingerprint density at radius 3 is 2.60 bits per heavy atom. The summed E-state index contributed by atoms with van der Waals surface area (Å²) in [4.78, 5) is 0. The highest BCUT2D eigenvalue weighted by molar-refractivity contribution is 5.17. The van der Waals surface area contributed by atoms with Gasteiger partial charge in [-0.1, -0.05) is 25.1 Å². The molecule has 0 saturated carbocycles. The van der Waals surface area contributed by atoms with Crippen molar-refractivity contribution in [1.29, 1.82) is 0 Å². The fourth-order valence-corrected chi connectivity index (χ4v) is 2.25. The summed E-state index contributed by atoms with van der Waals surface area (Å²) in [6.45, 7) is 8.16. The Kier molecular flexibility index (Phi) is 7.17. The zero-order chi connectivity index (χ0) is 15.0. The number of hydrogen-bond donors (Lipinski definition) is 1. The average Bonchev–Trinajstić information content (AvgIpc) is 2.44. The van der Waals surface area contributed by atoms with Crippen molar-refractivity contribution < 1.29 is 9.13 Å². The van der Waals surface area contributed by atoms with Gasteiger partial charge in [-0.25, -0.2) is 4.39 Å². The molecule has 0 spiro atoms. The quantitative estimate of drug-likeness (QED) is 0.743. The number of rotatable bonds is 9. The van der Waals surface area contributed by atoms with Crippen molar-refractivity contribution in [3.8, 4) is 0 Å². The zero-order valence-corrected chi connectivity index (χ0v) is 13.2. The lowest BCUT2D eigenvalue weighted by atomic mass is 9.90. The molecule has 2 nitrogen and oxygen atoms in total. The predicted molar refractivity (Wildman–Crippen MR) is 82.5 cm³/mol. The molecule has 0 amide bonds. The second-order valence-corrected chi connectivity index (χ2v) is 5.97. The Bertz CT molecular complexity index is 392. The normalized spacial score (nSPS) is 13.4. The molecule has 0 bridgehead atoms. The van der Waals surface area contributed by atoms with E-state index in [1.165, 1.54) is 0 Å². The standard InChI is InChI=1S/C17H28FNO/c1-5-19-13-14(10-11-17(2,3)20-4)12-15-8-6-7-9-16(15)18/h6-9,14,19H,5,10-13H2,1-4H3. The summed E-state index contributed by atoms with van der Waals surface area (Å²) >= 11 is 0. The summed E-state index contributed by atoms with van der Waals surface area (Å²) in [5, 5.41) is 3.38. The Morgan fingerprint density at radius 1 is 1.30 bits per heavy atom. The summed E-state index contributed by atoms with van der Waals surface area (Å²) in [5.41, 5.74) is 0.699. The summed E-state index contributed by atoms with van der Waals surface area (Å²) in [6, 6.07) is 7.07. The third kappa shape index (κ3) is 6.02. The van der Waals surface area contributed by atoms with Crippen LogP contribution < -0.4 is 5.32 Å². The fraction of sp³-hybridized carbons (Fsp3) is 0.647. The number of hydrogen-bond acceptors (Lipinski definition) is 2. The fourth-order valence-electron chi connectivity index (χ4n) is 2.25. The van der Waals surface area contributed by atoms with E-state index in [1.807, 2.05) is 12.1 Å². The summed E-state index contributed by atoms with van der Waals surface area (Å²) in [6.07, 6.45) is 2.79. The number of halogens is 1. The first kappa shape index (κ1) is 17.1. The van der Waals surface area contributed by atoms with Crippen molar-refractivity contribution in [2.75, 3.05) is 20.2 Å². The molecule has 1 unspecified atom stereocenters. The van der Waals surface area contributed by atoms with Gasteiger partial charge in [0.2, 0.25) is 0 Å². The van der Waals surface area contributed by atoms with Crippen LogP contribution in [0.1, 0.15) is 39.2 Å². The third-order valence-corrected chi connectivity index (χ3v) is 3.86. The molecule has 1 N–H and O–H groups in total. The van der Waals surface area contributed by atoms with Gasteiger partial charge >= 0.3 is 0 Å². The van der Waals surface area contributed by atoms with Gasteiger partial charge in [0.05, 0.1) is 5.60 Å². The molecule has 1 aromatic rings. The van der Waals surface area contributed by atoms with Crippen LogP contribution in [0, 0.1) is 11.7 Å². The van der Waals surface area contributed by atoms with Crippen molar-refractivity contribution in [2.45, 2.75) is 45.6 Å². The first-order valence-corrected chi connectivity index (χ1v) is 7.47. The number of ether oxygens (including phenoxy) is 1. The van der Waals surface area contributed by atoms with Crippen LogP contribution in [0.15, 0.2) is 24.3 Å². The van der Waals surface area contributed by atoms with Gasteiger partial charge in [-0.2, -0.15) is 0 Å². The molecule has 1 rings (SSSR count). The molecular weight excluding hydrogens is 253 g/mol. The summed E-state index contributed by atoms with van der Waals surface area (Å²) in [7, 11) is 1.75. The van der Waals surface area contributed by atoms with Crippen LogP contribution in [0.4, 0.5) is 4.39 Å². The lowest BCUT2D eigenvalue weighted by Crippen LogP contribution is -2.28. The SMILES string of the molecule is CCNCC(CCC(C)(C)OC)Cc1ccccc1F. The van der Waals surface area contributed by atoms with E-state index < -0.39 is 0 Å². The van der Waals surface area contributed by atoms with E-state index in [0.717, 1.165) is 37.9 Å². The lowest BCUT2D eigenvalue weighted by molar-refractivity contribution is 0.0103. The monoisotopic (exact) mass is 281 g/mol. The van der Waals surface area contributed by atoms with Gasteiger partial charge in [-0.15, -0.1) is 0 Å². The van der Waals surface area contributed by atoms with Crippen LogP contribution in [0.2, 0.25) is 0 Å². The van der Waals surface area contributed by atoms with Gasteiger partial charge in [0.25, 0.3) is 0 Å². The summed E-state index contributed by atoms with van der Waals surface area (Å²) in [5.74, 6) is 0.335. The van der Waals surface area contributed by atoms with E-state index in [2.05, 4.69) is 26.1 Å². The van der Waals surface area contributed by atoms with E-state index in [9.17, 15) is 4.39 Å². The number of benzene rings is 1. The van der Waals surface area contributed by atoms with Crippen LogP contribution in [0.3, 0.4) is 0 Å². The molecule has 0 aliphatic rings. The van der Waals surface area contributed by atoms with Gasteiger partial charge in [0.1, 0.15) is 5.82 Å². The first-order valence-electron chi connectivity index (χ1n) is 7.47. The maximum atomic E-state index is 13.8. The van der Waals surface area contributed by atoms with Gasteiger partial charge in [-0.05, 0) is 63.7 Å². The molecule has 1 aromatic carbocycles. The molecule has 0 heterocycles. The number of methoxy groups -OCH3 is 1. The Hall–Kier alpha value is -0.930. The zero-order valence-electron chi connectivity index (χ0n) is 13.2. The van der Waals surface area contributed by atoms with E-state index in [1.54, 1.807) is 19.2 Å². The van der Waals surface area contributed by atoms with Crippen molar-refractivity contribution in [2.24, 2.45) is 5.92 Å². The number of nitrogens with one attached hydrogen (secondary N) is 1. The van der Waals surface area contributed by atoms with Crippen molar-refractivity contribution >= 4 is 0 Å². The minimum atomic E-state index is -0.111. The van der Waals surface area contributed by atoms with Crippen molar-refractivity contribution in [1.82, 2.24) is 5.32 Å². The molecule has 20 heavy (non-hydrogen) atoms. The molecular formula is C17H28FNO. The largest absolute Gasteiger partial charge is 0.379 e. The van der Waals surface area contributed by atoms with Crippen LogP contribution >= 0.6 is 0 Å². The highest BCUT2D eigenvalue weighted by Gasteiger charge is 2.20. The van der Waals surface area contributed by atoms with E-state index in [-0.39, 0.29) is 11.4 Å². The van der Waals surface area contributed by atoms with Crippen LogP contribution in [0.5, 0.6) is 0 Å². The van der Waals surface area contributed by atoms with E-state index >= 15 is 0 Å². The predicted octanol–water partition coefficient (Wildman–Crippen LogP) is 3.80. The Labute approximate surface area is 122 Å². The van der Waals surface area contributed by atoms with Crippen molar-refractivity contribution in [3.63, 3.8) is 0 Å². The van der Waals surface area contributed by atoms with Crippen molar-refractivity contribution in [3.05, 3.63) is 35.6 Å². The second-order valence-electron chi connectivity index (χ2n) is 5.97. The van der Waals surface area contributed by atoms with Gasteiger partial charge in [0.15, 0.2) is 0 Å².